The van der Waals surface area contributed by atoms with E-state index in [9.17, 15) is 10.1 Å². The van der Waals surface area contributed by atoms with E-state index in [1.165, 1.54) is 30.2 Å². The number of nitrogens with zero attached hydrogens (tertiary/aromatic N) is 1. The van der Waals surface area contributed by atoms with Crippen LogP contribution in [0.1, 0.15) is 42.5 Å². The minimum atomic E-state index is -0.430. The monoisotopic (exact) mass is 413 g/mol. The molecule has 0 aromatic heterocycles. The number of nitriles is 1. The van der Waals surface area contributed by atoms with Crippen molar-refractivity contribution in [2.24, 2.45) is 0 Å². The number of carbonyl (C=O) groups excluding carboxylic acids is 1. The highest BCUT2D eigenvalue weighted by molar-refractivity contribution is 6.42. The highest BCUT2D eigenvalue weighted by Crippen LogP contribution is 2.26. The van der Waals surface area contributed by atoms with E-state index in [0.29, 0.717) is 15.7 Å². The molecule has 0 radical (unpaired) electrons. The van der Waals surface area contributed by atoms with Crippen LogP contribution >= 0.6 is 23.2 Å². The van der Waals surface area contributed by atoms with Crippen LogP contribution in [0, 0.1) is 11.3 Å². The summed E-state index contributed by atoms with van der Waals surface area (Å²) in [4.78, 5) is 12.5. The Kier molecular flexibility index (Phi) is 6.61. The lowest BCUT2D eigenvalue weighted by atomic mass is 9.89. The third-order valence-electron chi connectivity index (χ3n) is 4.89. The number of rotatable bonds is 5. The minimum absolute atomic E-state index is 0.0177. The molecule has 0 heterocycles. The van der Waals surface area contributed by atoms with E-state index < -0.39 is 5.91 Å². The zero-order valence-electron chi connectivity index (χ0n) is 15.6. The van der Waals surface area contributed by atoms with Crippen molar-refractivity contribution in [2.75, 3.05) is 5.32 Å². The smallest absolute Gasteiger partial charge is 0.263 e. The van der Waals surface area contributed by atoms with Crippen molar-refractivity contribution in [3.05, 3.63) is 74.9 Å². The first-order valence-corrected chi connectivity index (χ1v) is 9.98. The SMILES string of the molecule is CC(NC(=O)/C(C#N)=C\Nc1ccc(Cl)c(Cl)c1)c1ccc2c(c1)CCCC2. The summed E-state index contributed by atoms with van der Waals surface area (Å²) in [6.45, 7) is 1.92. The van der Waals surface area contributed by atoms with Crippen LogP contribution in [0.4, 0.5) is 5.69 Å². The number of anilines is 1. The second-order valence-electron chi connectivity index (χ2n) is 6.87. The Morgan fingerprint density at radius 1 is 1.11 bits per heavy atom. The van der Waals surface area contributed by atoms with Crippen LogP contribution in [0.3, 0.4) is 0 Å². The summed E-state index contributed by atoms with van der Waals surface area (Å²) < 4.78 is 0. The first kappa shape index (κ1) is 20.3. The van der Waals surface area contributed by atoms with Gasteiger partial charge in [-0.1, -0.05) is 41.4 Å². The van der Waals surface area contributed by atoms with E-state index in [2.05, 4.69) is 28.8 Å². The molecule has 1 aliphatic carbocycles. The summed E-state index contributed by atoms with van der Waals surface area (Å²) in [6.07, 6.45) is 6.02. The van der Waals surface area contributed by atoms with Crippen molar-refractivity contribution in [2.45, 2.75) is 38.6 Å². The fraction of sp³-hybridized carbons (Fsp3) is 0.273. The Labute approximate surface area is 175 Å². The van der Waals surface area contributed by atoms with E-state index in [0.717, 1.165) is 18.4 Å². The predicted molar refractivity (Wildman–Crippen MR) is 113 cm³/mol. The molecule has 1 unspecified atom stereocenters. The number of carbonyl (C=O) groups is 1. The van der Waals surface area contributed by atoms with E-state index in [1.807, 2.05) is 13.0 Å². The fourth-order valence-corrected chi connectivity index (χ4v) is 3.57. The predicted octanol–water partition coefficient (Wildman–Crippen LogP) is 5.57. The van der Waals surface area contributed by atoms with Gasteiger partial charge in [0, 0.05) is 11.9 Å². The Balaban J connectivity index is 1.67. The number of amides is 1. The third kappa shape index (κ3) is 4.86. The van der Waals surface area contributed by atoms with E-state index in [1.54, 1.807) is 18.2 Å². The van der Waals surface area contributed by atoms with Gasteiger partial charge in [-0.2, -0.15) is 5.26 Å². The molecule has 6 heteroatoms. The maximum Gasteiger partial charge on any atom is 0.263 e. The molecule has 1 aliphatic rings. The van der Waals surface area contributed by atoms with Crippen molar-refractivity contribution in [1.29, 1.82) is 5.26 Å². The van der Waals surface area contributed by atoms with Crippen molar-refractivity contribution >= 4 is 34.8 Å². The van der Waals surface area contributed by atoms with Gasteiger partial charge < -0.3 is 10.6 Å². The van der Waals surface area contributed by atoms with Gasteiger partial charge in [-0.05, 0) is 67.5 Å². The van der Waals surface area contributed by atoms with Crippen LogP contribution in [0.5, 0.6) is 0 Å². The molecule has 144 valence electrons. The molecular weight excluding hydrogens is 393 g/mol. The molecule has 28 heavy (non-hydrogen) atoms. The summed E-state index contributed by atoms with van der Waals surface area (Å²) in [5, 5.41) is 16.0. The molecule has 2 aromatic rings. The highest BCUT2D eigenvalue weighted by atomic mass is 35.5. The molecular formula is C22H21Cl2N3O. The van der Waals surface area contributed by atoms with Gasteiger partial charge in [-0.15, -0.1) is 0 Å². The molecule has 0 aliphatic heterocycles. The van der Waals surface area contributed by atoms with Crippen molar-refractivity contribution in [1.82, 2.24) is 5.32 Å². The molecule has 2 N–H and O–H groups in total. The summed E-state index contributed by atoms with van der Waals surface area (Å²) in [7, 11) is 0. The van der Waals surface area contributed by atoms with Gasteiger partial charge in [0.25, 0.3) is 5.91 Å². The quantitative estimate of drug-likeness (QED) is 0.497. The minimum Gasteiger partial charge on any atom is -0.360 e. The highest BCUT2D eigenvalue weighted by Gasteiger charge is 2.16. The van der Waals surface area contributed by atoms with Gasteiger partial charge in [0.1, 0.15) is 11.6 Å². The average Bonchev–Trinajstić information content (AvgIpc) is 2.70. The van der Waals surface area contributed by atoms with Crippen LogP contribution in [-0.4, -0.2) is 5.91 Å². The lowest BCUT2D eigenvalue weighted by Gasteiger charge is -2.20. The molecule has 0 bridgehead atoms. The van der Waals surface area contributed by atoms with Crippen molar-refractivity contribution in [3.63, 3.8) is 0 Å². The van der Waals surface area contributed by atoms with Gasteiger partial charge in [-0.3, -0.25) is 4.79 Å². The maximum atomic E-state index is 12.5. The Morgan fingerprint density at radius 3 is 2.57 bits per heavy atom. The lowest BCUT2D eigenvalue weighted by molar-refractivity contribution is -0.117. The number of aryl methyl sites for hydroxylation is 2. The van der Waals surface area contributed by atoms with E-state index >= 15 is 0 Å². The van der Waals surface area contributed by atoms with Gasteiger partial charge >= 0.3 is 0 Å². The van der Waals surface area contributed by atoms with Crippen LogP contribution in [-0.2, 0) is 17.6 Å². The largest absolute Gasteiger partial charge is 0.360 e. The number of fused-ring (bicyclic) bond motifs is 1. The molecule has 0 saturated heterocycles. The Hall–Kier alpha value is -2.48. The van der Waals surface area contributed by atoms with Gasteiger partial charge in [-0.25, -0.2) is 0 Å². The Bertz CT molecular complexity index is 963. The number of hydrogen-bond acceptors (Lipinski definition) is 3. The molecule has 2 aromatic carbocycles. The van der Waals surface area contributed by atoms with E-state index in [-0.39, 0.29) is 11.6 Å². The molecule has 1 atom stereocenters. The zero-order valence-corrected chi connectivity index (χ0v) is 17.1. The number of benzene rings is 2. The normalized spacial score (nSPS) is 14.6. The zero-order chi connectivity index (χ0) is 20.1. The molecule has 4 nitrogen and oxygen atoms in total. The number of halogens is 2. The third-order valence-corrected chi connectivity index (χ3v) is 5.63. The molecule has 0 fully saturated rings. The van der Waals surface area contributed by atoms with Gasteiger partial charge in [0.15, 0.2) is 0 Å². The summed E-state index contributed by atoms with van der Waals surface area (Å²) in [6, 6.07) is 13.1. The Morgan fingerprint density at radius 2 is 1.86 bits per heavy atom. The second kappa shape index (κ2) is 9.14. The van der Waals surface area contributed by atoms with Crippen LogP contribution in [0.15, 0.2) is 48.2 Å². The lowest BCUT2D eigenvalue weighted by Crippen LogP contribution is -2.28. The first-order chi connectivity index (χ1) is 13.5. The van der Waals surface area contributed by atoms with Crippen molar-refractivity contribution < 1.29 is 4.79 Å². The summed E-state index contributed by atoms with van der Waals surface area (Å²) in [5.41, 5.74) is 4.43. The maximum absolute atomic E-state index is 12.5. The molecule has 1 amide bonds. The average molecular weight is 414 g/mol. The van der Waals surface area contributed by atoms with Gasteiger partial charge in [0.2, 0.25) is 0 Å². The summed E-state index contributed by atoms with van der Waals surface area (Å²) >= 11 is 11.9. The number of hydrogen-bond donors (Lipinski definition) is 2. The molecule has 0 saturated carbocycles. The van der Waals surface area contributed by atoms with Crippen molar-refractivity contribution in [3.8, 4) is 6.07 Å². The van der Waals surface area contributed by atoms with Crippen LogP contribution < -0.4 is 10.6 Å². The fourth-order valence-electron chi connectivity index (χ4n) is 3.27. The topological polar surface area (TPSA) is 64.9 Å². The molecule has 0 spiro atoms. The van der Waals surface area contributed by atoms with E-state index in [4.69, 9.17) is 23.2 Å². The first-order valence-electron chi connectivity index (χ1n) is 9.22. The number of nitrogens with one attached hydrogen (secondary N) is 2. The standard InChI is InChI=1S/C22H21Cl2N3O/c1-14(16-7-6-15-4-2-3-5-17(15)10-16)27-22(28)18(12-25)13-26-19-8-9-20(23)21(24)11-19/h6-11,13-14,26H,2-5H2,1H3,(H,27,28)/b18-13-. The van der Waals surface area contributed by atoms with Crippen LogP contribution in [0.25, 0.3) is 0 Å². The van der Waals surface area contributed by atoms with Gasteiger partial charge in [0.05, 0.1) is 16.1 Å². The van der Waals surface area contributed by atoms with Crippen LogP contribution in [0.2, 0.25) is 10.0 Å². The summed E-state index contributed by atoms with van der Waals surface area (Å²) in [5.74, 6) is -0.430. The second-order valence-corrected chi connectivity index (χ2v) is 7.69. The molecule has 3 rings (SSSR count).